The second kappa shape index (κ2) is 17.4. The smallest absolute Gasteiger partial charge is 0.412 e. The molecule has 9 rings (SSSR count). The first-order valence-electron chi connectivity index (χ1n) is 23.2. The van der Waals surface area contributed by atoms with Crippen molar-refractivity contribution in [3.05, 3.63) is 30.1 Å². The van der Waals surface area contributed by atoms with Crippen LogP contribution < -0.4 is 5.32 Å². The third-order valence-electron chi connectivity index (χ3n) is 17.4. The highest BCUT2D eigenvalue weighted by molar-refractivity contribution is 5.87. The number of halogens is 1. The lowest BCUT2D eigenvalue weighted by atomic mass is 9.44. The summed E-state index contributed by atoms with van der Waals surface area (Å²) in [7, 11) is 0. The first-order valence-corrected chi connectivity index (χ1v) is 23.2. The lowest BCUT2D eigenvalue weighted by Crippen LogP contribution is -2.65. The van der Waals surface area contributed by atoms with Crippen LogP contribution in [0.2, 0.25) is 0 Å². The largest absolute Gasteiger partial charge is 0.440 e. The average molecular weight is 892 g/mol. The number of hydrogen-bond acceptors (Lipinski definition) is 15. The molecule has 8 aliphatic rings. The Morgan fingerprint density at radius 2 is 1.54 bits per heavy atom. The second-order valence-corrected chi connectivity index (χ2v) is 20.6. The first-order chi connectivity index (χ1) is 30.0. The van der Waals surface area contributed by atoms with Gasteiger partial charge in [-0.2, -0.15) is 0 Å². The number of carbonyl (C=O) groups is 2. The van der Waals surface area contributed by atoms with E-state index in [0.717, 1.165) is 44.6 Å². The van der Waals surface area contributed by atoms with Crippen molar-refractivity contribution in [2.24, 2.45) is 52.3 Å². The second-order valence-electron chi connectivity index (χ2n) is 20.6. The van der Waals surface area contributed by atoms with Crippen LogP contribution in [0.15, 0.2) is 24.3 Å². The minimum absolute atomic E-state index is 0.0243. The van der Waals surface area contributed by atoms with Crippen molar-refractivity contribution >= 4 is 17.6 Å². The number of aliphatic hydroxyl groups excluding tert-OH is 6. The molecule has 4 heterocycles. The van der Waals surface area contributed by atoms with Gasteiger partial charge in [-0.3, -0.25) is 10.1 Å². The Balaban J connectivity index is 0.807. The van der Waals surface area contributed by atoms with Gasteiger partial charge in [-0.15, -0.1) is 0 Å². The zero-order valence-corrected chi connectivity index (χ0v) is 36.5. The van der Waals surface area contributed by atoms with Crippen molar-refractivity contribution in [2.75, 3.05) is 25.1 Å². The summed E-state index contributed by atoms with van der Waals surface area (Å²) in [6, 6.07) is 5.31. The molecule has 0 bridgehead atoms. The van der Waals surface area contributed by atoms with Gasteiger partial charge in [0.25, 0.3) is 0 Å². The molecule has 0 radical (unpaired) electrons. The van der Waals surface area contributed by atoms with Gasteiger partial charge in [-0.1, -0.05) is 39.8 Å². The number of nitrogens with one attached hydrogen (secondary N) is 1. The highest BCUT2D eigenvalue weighted by Crippen LogP contribution is 2.70. The number of benzene rings is 1. The van der Waals surface area contributed by atoms with Crippen LogP contribution in [0.25, 0.3) is 0 Å². The van der Waals surface area contributed by atoms with Crippen molar-refractivity contribution in [2.45, 2.75) is 165 Å². The summed E-state index contributed by atoms with van der Waals surface area (Å²) in [5, 5.41) is 67.3. The Labute approximate surface area is 367 Å². The van der Waals surface area contributed by atoms with Crippen LogP contribution in [0.4, 0.5) is 14.9 Å². The van der Waals surface area contributed by atoms with E-state index in [1.54, 1.807) is 0 Å². The molecule has 7 N–H and O–H groups in total. The van der Waals surface area contributed by atoms with Crippen molar-refractivity contribution in [3.63, 3.8) is 0 Å². The van der Waals surface area contributed by atoms with Crippen molar-refractivity contribution < 1.29 is 77.8 Å². The van der Waals surface area contributed by atoms with E-state index in [0.29, 0.717) is 43.5 Å². The van der Waals surface area contributed by atoms with E-state index in [4.69, 9.17) is 33.2 Å². The number of ether oxygens (including phenoxy) is 7. The quantitative estimate of drug-likeness (QED) is 0.186. The molecule has 0 unspecified atom stereocenters. The van der Waals surface area contributed by atoms with Crippen molar-refractivity contribution in [1.82, 2.24) is 0 Å². The van der Waals surface area contributed by atoms with Crippen LogP contribution >= 0.6 is 0 Å². The van der Waals surface area contributed by atoms with Gasteiger partial charge in [0.1, 0.15) is 54.3 Å². The highest BCUT2D eigenvalue weighted by Gasteiger charge is 2.72. The zero-order valence-electron chi connectivity index (χ0n) is 36.5. The van der Waals surface area contributed by atoms with Gasteiger partial charge in [0.05, 0.1) is 37.7 Å². The minimum atomic E-state index is -1.91. The van der Waals surface area contributed by atoms with Gasteiger partial charge in [0.15, 0.2) is 24.5 Å². The van der Waals surface area contributed by atoms with Crippen LogP contribution in [0.5, 0.6) is 0 Å². The van der Waals surface area contributed by atoms with E-state index in [1.165, 1.54) is 18.2 Å². The number of amides is 1. The molecule has 1 aromatic carbocycles. The maximum absolute atomic E-state index is 14.6. The molecule has 4 aliphatic heterocycles. The number of hydrogen-bond donors (Lipinski definition) is 7. The topological polar surface area (TPSA) is 232 Å². The molecule has 4 saturated heterocycles. The Morgan fingerprint density at radius 3 is 2.22 bits per heavy atom. The fourth-order valence-electron chi connectivity index (χ4n) is 13.8. The van der Waals surface area contributed by atoms with Gasteiger partial charge in [-0.05, 0) is 92.1 Å². The summed E-state index contributed by atoms with van der Waals surface area (Å²) in [4.78, 5) is 27.1. The first kappa shape index (κ1) is 45.8. The van der Waals surface area contributed by atoms with E-state index < -0.39 is 97.7 Å². The lowest BCUT2D eigenvalue weighted by Gasteiger charge is -2.60. The van der Waals surface area contributed by atoms with E-state index in [9.17, 15) is 44.6 Å². The third-order valence-corrected chi connectivity index (χ3v) is 17.4. The Bertz CT molecular complexity index is 1830. The molecular weight excluding hydrogens is 825 g/mol. The fraction of sp³-hybridized carbons (Fsp3) is 0.826. The van der Waals surface area contributed by atoms with Gasteiger partial charge < -0.3 is 63.8 Å². The van der Waals surface area contributed by atoms with E-state index in [-0.39, 0.29) is 52.9 Å². The number of Topliss-reactive ketones (excluding diaryl/α,β-unsaturated/α-hetero) is 1. The third kappa shape index (κ3) is 7.67. The van der Waals surface area contributed by atoms with Crippen molar-refractivity contribution in [1.29, 1.82) is 0 Å². The molecule has 1 aromatic rings. The van der Waals surface area contributed by atoms with E-state index >= 15 is 0 Å². The molecule has 1 amide bonds. The molecule has 0 aromatic heterocycles. The highest BCUT2D eigenvalue weighted by atomic mass is 19.1. The molecule has 22 atom stereocenters. The predicted molar refractivity (Wildman–Crippen MR) is 218 cm³/mol. The molecule has 17 heteroatoms. The number of anilines is 1. The van der Waals surface area contributed by atoms with Crippen LogP contribution in [-0.2, 0) is 38.0 Å². The minimum Gasteiger partial charge on any atom is -0.440 e. The van der Waals surface area contributed by atoms with Gasteiger partial charge in [0, 0.05) is 30.1 Å². The molecule has 352 valence electrons. The summed E-state index contributed by atoms with van der Waals surface area (Å²) < 4.78 is 56.5. The number of carbonyl (C=O) groups excluding carboxylic acids is 2. The fourth-order valence-corrected chi connectivity index (χ4v) is 13.8. The standard InChI is InChI=1S/C46H66FNO15/c1-21-11-14-46(57-20-21)22(2)34-30(63-46)16-27-25-10-9-23-15-24(12-13-44(23,3)26(25)17-33(51)45(27,34)4)58-41-37(54)35(52)39(31(18-49)59-41)61-42-38(55)36(53)40(32(19-50)60-42)62-43(56)48-29-8-6-5-7-28(29)47/h5-8,21-27,30-32,34-42,49-50,52-55H,9-20H2,1-4H3,(H,48,56)/t21-,22+,23+,24+,25-,26+,27+,30+,31+,32+,34+,35-,36-,37+,38+,39-,40-,41-,42+,44+,45-,46-/m1/s1. The SMILES string of the molecule is C[C@@H]1CC[C@@]2(OC1)O[C@H]1C[C@H]3[C@@H]4CC[C@H]5C[C@@H](O[C@@H]6O[C@@H](CO)[C@@H](O[C@@H]7O[C@@H](CO)[C@@H](OC(=O)Nc8ccccc8F)[C@H](O)[C@@H]7O)[C@H](O)[C@@H]6O)CC[C@]5(C)[C@H]4CC(=O)[C@]3(C)[C@H]1[C@@H]2C. The molecule has 8 fully saturated rings. The Hall–Kier alpha value is -2.39. The summed E-state index contributed by atoms with van der Waals surface area (Å²) in [5.41, 5.74) is -0.726. The van der Waals surface area contributed by atoms with Crippen LogP contribution in [0.3, 0.4) is 0 Å². The van der Waals surface area contributed by atoms with Crippen molar-refractivity contribution in [3.8, 4) is 0 Å². The molecular formula is C46H66FNO15. The van der Waals surface area contributed by atoms with Gasteiger partial charge >= 0.3 is 6.09 Å². The Morgan fingerprint density at radius 1 is 0.857 bits per heavy atom. The summed E-state index contributed by atoms with van der Waals surface area (Å²) in [6.07, 6.45) is -10.0. The molecule has 16 nitrogen and oxygen atoms in total. The molecule has 4 aliphatic carbocycles. The summed E-state index contributed by atoms with van der Waals surface area (Å²) >= 11 is 0. The monoisotopic (exact) mass is 891 g/mol. The number of para-hydroxylation sites is 1. The molecule has 1 spiro atoms. The predicted octanol–water partition coefficient (Wildman–Crippen LogP) is 3.02. The number of aliphatic hydroxyl groups is 6. The number of fused-ring (bicyclic) bond motifs is 7. The van der Waals surface area contributed by atoms with Gasteiger partial charge in [0.2, 0.25) is 0 Å². The molecule has 4 saturated carbocycles. The number of ketones is 1. The number of rotatable bonds is 8. The summed E-state index contributed by atoms with van der Waals surface area (Å²) in [6.45, 7) is 8.23. The van der Waals surface area contributed by atoms with Crippen LogP contribution in [-0.4, -0.2) is 142 Å². The summed E-state index contributed by atoms with van der Waals surface area (Å²) in [5.74, 6) is 1.03. The normalized spacial score (nSPS) is 50.6. The maximum atomic E-state index is 14.6. The van der Waals surface area contributed by atoms with Crippen LogP contribution in [0.1, 0.15) is 85.5 Å². The van der Waals surface area contributed by atoms with E-state index in [1.807, 2.05) is 0 Å². The molecule has 63 heavy (non-hydrogen) atoms. The zero-order chi connectivity index (χ0) is 44.7. The average Bonchev–Trinajstić information content (AvgIpc) is 3.71. The van der Waals surface area contributed by atoms with Gasteiger partial charge in [-0.25, -0.2) is 9.18 Å². The van der Waals surface area contributed by atoms with Crippen LogP contribution in [0, 0.1) is 58.1 Å². The lowest BCUT2D eigenvalue weighted by molar-refractivity contribution is -0.363. The van der Waals surface area contributed by atoms with E-state index in [2.05, 4.69) is 33.0 Å². The maximum Gasteiger partial charge on any atom is 0.412 e. The Kier molecular flexibility index (Phi) is 12.6.